The number of esters is 1. The number of aryl methyl sites for hydroxylation is 1. The average Bonchev–Trinajstić information content (AvgIpc) is 3.50. The maximum Gasteiger partial charge on any atom is 0.326 e. The molecule has 0 saturated carbocycles. The Kier molecular flexibility index (Phi) is 7.40. The van der Waals surface area contributed by atoms with Crippen molar-refractivity contribution >= 4 is 17.6 Å². The molecule has 3 heterocycles. The highest BCUT2D eigenvalue weighted by Crippen LogP contribution is 2.31. The monoisotopic (exact) mass is 476 g/mol. The second-order valence-corrected chi connectivity index (χ2v) is 8.79. The van der Waals surface area contributed by atoms with Gasteiger partial charge in [-0.2, -0.15) is 8.78 Å². The molecule has 34 heavy (non-hydrogen) atoms. The molecule has 2 aliphatic heterocycles. The molecule has 2 aliphatic rings. The zero-order valence-electron chi connectivity index (χ0n) is 19.2. The first-order valence-corrected chi connectivity index (χ1v) is 11.6. The number of hydrogen-bond donors (Lipinski definition) is 2. The molecule has 1 unspecified atom stereocenters. The van der Waals surface area contributed by atoms with Crippen molar-refractivity contribution in [2.24, 2.45) is 0 Å². The number of hydrogen-bond acceptors (Lipinski definition) is 7. The molecule has 4 rings (SSSR count). The first kappa shape index (κ1) is 24.1. The van der Waals surface area contributed by atoms with Crippen LogP contribution >= 0.6 is 0 Å². The number of ether oxygens (including phenoxy) is 1. The smallest absolute Gasteiger partial charge is 0.326 e. The normalized spacial score (nSPS) is 20.4. The number of para-hydroxylation sites is 1. The van der Waals surface area contributed by atoms with E-state index >= 15 is 0 Å². The fourth-order valence-corrected chi connectivity index (χ4v) is 4.62. The quantitative estimate of drug-likeness (QED) is 0.535. The number of nitrogens with one attached hydrogen (secondary N) is 2. The molecular weight excluding hydrogens is 446 g/mol. The summed E-state index contributed by atoms with van der Waals surface area (Å²) in [5, 5.41) is 13.7. The number of rotatable bonds is 9. The highest BCUT2D eigenvalue weighted by atomic mass is 19.3. The Balaban J connectivity index is 1.27. The Morgan fingerprint density at radius 1 is 1.29 bits per heavy atom. The highest BCUT2D eigenvalue weighted by Gasteiger charge is 2.39. The average molecular weight is 477 g/mol. The summed E-state index contributed by atoms with van der Waals surface area (Å²) >= 11 is 0. The number of alkyl halides is 2. The van der Waals surface area contributed by atoms with Gasteiger partial charge in [-0.05, 0) is 37.4 Å². The number of carbonyl (C=O) groups excluding carboxylic acids is 2. The molecule has 0 aliphatic carbocycles. The molecule has 9 nitrogen and oxygen atoms in total. The third kappa shape index (κ3) is 5.52. The number of benzene rings is 1. The Hall–Kier alpha value is -3.08. The zero-order chi connectivity index (χ0) is 24.1. The largest absolute Gasteiger partial charge is 0.468 e. The number of nitrogens with zero attached hydrogens (tertiary/aromatic N) is 4. The van der Waals surface area contributed by atoms with Gasteiger partial charge >= 0.3 is 11.9 Å². The van der Waals surface area contributed by atoms with E-state index in [4.69, 9.17) is 4.74 Å². The number of halogens is 2. The molecule has 0 spiro atoms. The molecule has 2 N–H and O–H groups in total. The van der Waals surface area contributed by atoms with Gasteiger partial charge < -0.3 is 15.4 Å². The SMILES string of the molecule is COC(=O)[C@@H]1CCCN1Cc1cn(CCC(F)(F)C(=O)NCC2CCNc3ccccc32)nn1. The number of likely N-dealkylation sites (tertiary alicyclic amines) is 1. The van der Waals surface area contributed by atoms with E-state index in [1.54, 1.807) is 6.20 Å². The fourth-order valence-electron chi connectivity index (χ4n) is 4.62. The third-order valence-corrected chi connectivity index (χ3v) is 6.49. The van der Waals surface area contributed by atoms with Crippen molar-refractivity contribution in [1.29, 1.82) is 0 Å². The van der Waals surface area contributed by atoms with Crippen molar-refractivity contribution in [3.8, 4) is 0 Å². The van der Waals surface area contributed by atoms with E-state index < -0.39 is 18.3 Å². The summed E-state index contributed by atoms with van der Waals surface area (Å²) < 4.78 is 35.2. The van der Waals surface area contributed by atoms with Gasteiger partial charge in [-0.3, -0.25) is 19.2 Å². The van der Waals surface area contributed by atoms with Crippen LogP contribution in [0, 0.1) is 0 Å². The number of fused-ring (bicyclic) bond motifs is 1. The highest BCUT2D eigenvalue weighted by molar-refractivity contribution is 5.83. The van der Waals surface area contributed by atoms with E-state index in [1.807, 2.05) is 29.2 Å². The molecule has 2 aromatic rings. The van der Waals surface area contributed by atoms with E-state index in [0.717, 1.165) is 37.2 Å². The molecule has 184 valence electrons. The first-order chi connectivity index (χ1) is 16.4. The number of aromatic nitrogens is 3. The van der Waals surface area contributed by atoms with Crippen LogP contribution < -0.4 is 10.6 Å². The molecule has 0 radical (unpaired) electrons. The van der Waals surface area contributed by atoms with Gasteiger partial charge in [0.05, 0.1) is 12.8 Å². The van der Waals surface area contributed by atoms with Crippen LogP contribution in [0.4, 0.5) is 14.5 Å². The summed E-state index contributed by atoms with van der Waals surface area (Å²) in [6.45, 7) is 1.86. The van der Waals surface area contributed by atoms with E-state index in [1.165, 1.54) is 11.8 Å². The molecule has 11 heteroatoms. The summed E-state index contributed by atoms with van der Waals surface area (Å²) in [5.74, 6) is -5.09. The van der Waals surface area contributed by atoms with Crippen molar-refractivity contribution in [2.45, 2.75) is 56.7 Å². The van der Waals surface area contributed by atoms with Crippen molar-refractivity contribution in [2.75, 3.05) is 32.1 Å². The lowest BCUT2D eigenvalue weighted by molar-refractivity contribution is -0.147. The maximum atomic E-state index is 14.5. The minimum Gasteiger partial charge on any atom is -0.468 e. The summed E-state index contributed by atoms with van der Waals surface area (Å²) in [4.78, 5) is 26.1. The minimum absolute atomic E-state index is 0.00511. The van der Waals surface area contributed by atoms with Gasteiger partial charge in [-0.25, -0.2) is 0 Å². The Bertz CT molecular complexity index is 1010. The van der Waals surface area contributed by atoms with Gasteiger partial charge in [0.15, 0.2) is 0 Å². The Morgan fingerprint density at radius 3 is 2.94 bits per heavy atom. The molecule has 1 aromatic heterocycles. The predicted octanol–water partition coefficient (Wildman–Crippen LogP) is 2.16. The number of carbonyl (C=O) groups is 2. The lowest BCUT2D eigenvalue weighted by Crippen LogP contribution is -2.43. The first-order valence-electron chi connectivity index (χ1n) is 11.6. The molecule has 1 saturated heterocycles. The second kappa shape index (κ2) is 10.5. The summed E-state index contributed by atoms with van der Waals surface area (Å²) in [7, 11) is 1.36. The van der Waals surface area contributed by atoms with Crippen LogP contribution in [0.15, 0.2) is 30.5 Å². The van der Waals surface area contributed by atoms with Gasteiger partial charge in [-0.1, -0.05) is 23.4 Å². The second-order valence-electron chi connectivity index (χ2n) is 8.79. The summed E-state index contributed by atoms with van der Waals surface area (Å²) in [6, 6.07) is 7.40. The molecule has 1 aromatic carbocycles. The Morgan fingerprint density at radius 2 is 2.12 bits per heavy atom. The lowest BCUT2D eigenvalue weighted by Gasteiger charge is -2.27. The number of amides is 1. The van der Waals surface area contributed by atoms with Gasteiger partial charge in [0.25, 0.3) is 5.91 Å². The van der Waals surface area contributed by atoms with Gasteiger partial charge in [-0.15, -0.1) is 5.10 Å². The van der Waals surface area contributed by atoms with Crippen LogP contribution in [0.3, 0.4) is 0 Å². The predicted molar refractivity (Wildman–Crippen MR) is 120 cm³/mol. The molecule has 1 amide bonds. The van der Waals surface area contributed by atoms with E-state index in [9.17, 15) is 18.4 Å². The Labute approximate surface area is 196 Å². The lowest BCUT2D eigenvalue weighted by atomic mass is 9.91. The van der Waals surface area contributed by atoms with E-state index in [0.29, 0.717) is 18.7 Å². The van der Waals surface area contributed by atoms with Crippen molar-refractivity contribution in [3.63, 3.8) is 0 Å². The molecule has 1 fully saturated rings. The molecule has 0 bridgehead atoms. The summed E-state index contributed by atoms with van der Waals surface area (Å²) in [5.41, 5.74) is 2.58. The van der Waals surface area contributed by atoms with Gasteiger partial charge in [0, 0.05) is 50.4 Å². The van der Waals surface area contributed by atoms with Crippen LogP contribution in [0.25, 0.3) is 0 Å². The maximum absolute atomic E-state index is 14.5. The van der Waals surface area contributed by atoms with Crippen LogP contribution in [-0.4, -0.2) is 70.5 Å². The topological polar surface area (TPSA) is 101 Å². The van der Waals surface area contributed by atoms with E-state index in [-0.39, 0.29) is 31.0 Å². The number of methoxy groups -OCH3 is 1. The van der Waals surface area contributed by atoms with E-state index in [2.05, 4.69) is 20.9 Å². The van der Waals surface area contributed by atoms with Crippen LogP contribution in [0.5, 0.6) is 0 Å². The van der Waals surface area contributed by atoms with Gasteiger partial charge in [0.2, 0.25) is 0 Å². The summed E-state index contributed by atoms with van der Waals surface area (Å²) in [6.07, 6.45) is 3.24. The number of anilines is 1. The van der Waals surface area contributed by atoms with Crippen molar-refractivity contribution in [3.05, 3.63) is 41.7 Å². The molecule has 2 atom stereocenters. The van der Waals surface area contributed by atoms with Crippen molar-refractivity contribution < 1.29 is 23.1 Å². The minimum atomic E-state index is -3.52. The fraction of sp³-hybridized carbons (Fsp3) is 0.565. The van der Waals surface area contributed by atoms with Crippen LogP contribution in [-0.2, 0) is 27.4 Å². The van der Waals surface area contributed by atoms with Crippen molar-refractivity contribution in [1.82, 2.24) is 25.2 Å². The van der Waals surface area contributed by atoms with Crippen LogP contribution in [0.2, 0.25) is 0 Å². The standard InChI is InChI=1S/C23H30F2N6O3/c1-34-21(32)20-7-4-11-30(20)14-17-15-31(29-28-17)12-9-23(24,25)22(33)27-13-16-8-10-26-19-6-3-2-5-18(16)19/h2-3,5-6,15-16,20,26H,4,7-14H2,1H3,(H,27,33)/t16?,20-/m0/s1. The zero-order valence-corrected chi connectivity index (χ0v) is 19.2. The third-order valence-electron chi connectivity index (χ3n) is 6.49. The van der Waals surface area contributed by atoms with Crippen LogP contribution in [0.1, 0.15) is 42.9 Å². The molecular formula is C23H30F2N6O3. The van der Waals surface area contributed by atoms with Gasteiger partial charge in [0.1, 0.15) is 6.04 Å².